The number of aliphatic hydroxyl groups is 1. The summed E-state index contributed by atoms with van der Waals surface area (Å²) in [6.07, 6.45) is -0.0399. The van der Waals surface area contributed by atoms with Gasteiger partial charge in [-0.2, -0.15) is 5.10 Å². The molecule has 2 rings (SSSR count). The van der Waals surface area contributed by atoms with Crippen molar-refractivity contribution in [2.45, 2.75) is 13.3 Å². The van der Waals surface area contributed by atoms with Crippen LogP contribution in [0.15, 0.2) is 47.6 Å². The van der Waals surface area contributed by atoms with Gasteiger partial charge in [-0.25, -0.2) is 5.43 Å². The van der Waals surface area contributed by atoms with Gasteiger partial charge in [0.2, 0.25) is 5.91 Å². The molecule has 0 unspecified atom stereocenters. The first kappa shape index (κ1) is 19.1. The molecule has 0 aliphatic carbocycles. The minimum absolute atomic E-state index is 0.0254. The Bertz CT molecular complexity index is 843. The molecule has 3 amide bonds. The summed E-state index contributed by atoms with van der Waals surface area (Å²) in [6.45, 7) is 1.27. The van der Waals surface area contributed by atoms with Crippen LogP contribution in [0.3, 0.4) is 0 Å². The first-order valence-corrected chi connectivity index (χ1v) is 8.01. The maximum Gasteiger partial charge on any atom is 0.329 e. The summed E-state index contributed by atoms with van der Waals surface area (Å²) < 4.78 is 0. The molecule has 2 aromatic rings. The highest BCUT2D eigenvalue weighted by Gasteiger charge is 2.12. The number of carbonyl (C=O) groups is 3. The number of nitrogens with one attached hydrogen (secondary N) is 3. The molecule has 0 saturated heterocycles. The Morgan fingerprint density at radius 1 is 1.04 bits per heavy atom. The second kappa shape index (κ2) is 9.28. The van der Waals surface area contributed by atoms with E-state index in [1.807, 2.05) is 36.4 Å². The third-order valence-electron chi connectivity index (χ3n) is 3.43. The number of nitrogens with zero attached hydrogens (tertiary/aromatic N) is 1. The second-order valence-electron chi connectivity index (χ2n) is 5.52. The number of hydrazone groups is 1. The van der Waals surface area contributed by atoms with Crippen molar-refractivity contribution in [3.63, 3.8) is 0 Å². The van der Waals surface area contributed by atoms with Crippen molar-refractivity contribution in [3.8, 4) is 0 Å². The maximum atomic E-state index is 12.2. The lowest BCUT2D eigenvalue weighted by Gasteiger charge is -2.09. The fourth-order valence-corrected chi connectivity index (χ4v) is 2.25. The molecule has 0 radical (unpaired) electrons. The van der Waals surface area contributed by atoms with E-state index in [9.17, 15) is 14.4 Å². The topological polar surface area (TPSA) is 120 Å². The Labute approximate surface area is 150 Å². The minimum atomic E-state index is -0.965. The Balaban J connectivity index is 1.92. The molecule has 0 atom stereocenters. The maximum absolute atomic E-state index is 12.2. The molecular weight excluding hydrogens is 336 g/mol. The number of carbonyl (C=O) groups excluding carboxylic acids is 3. The first-order chi connectivity index (χ1) is 12.5. The van der Waals surface area contributed by atoms with E-state index in [0.29, 0.717) is 11.4 Å². The molecule has 0 saturated carbocycles. The molecule has 0 heterocycles. The zero-order valence-corrected chi connectivity index (χ0v) is 14.3. The van der Waals surface area contributed by atoms with Gasteiger partial charge >= 0.3 is 11.8 Å². The lowest BCUT2D eigenvalue weighted by molar-refractivity contribution is -0.139. The van der Waals surface area contributed by atoms with Gasteiger partial charge in [0.05, 0.1) is 13.0 Å². The van der Waals surface area contributed by atoms with E-state index in [1.54, 1.807) is 13.0 Å². The molecule has 2 aromatic carbocycles. The quantitative estimate of drug-likeness (QED) is 0.347. The predicted octanol–water partition coefficient (Wildman–Crippen LogP) is 0.769. The summed E-state index contributed by atoms with van der Waals surface area (Å²) >= 11 is 0. The van der Waals surface area contributed by atoms with Gasteiger partial charge in [0, 0.05) is 23.3 Å². The fourth-order valence-electron chi connectivity index (χ4n) is 2.25. The van der Waals surface area contributed by atoms with E-state index in [4.69, 9.17) is 5.11 Å². The average Bonchev–Trinajstić information content (AvgIpc) is 2.64. The molecule has 26 heavy (non-hydrogen) atoms. The van der Waals surface area contributed by atoms with Gasteiger partial charge in [-0.1, -0.05) is 36.4 Å². The summed E-state index contributed by atoms with van der Waals surface area (Å²) in [5, 5.41) is 19.3. The number of rotatable bonds is 6. The standard InChI is InChI=1S/C18H20N4O4/c1-12(21-22-18(26)17(25)19-9-10-23)11-16(24)20-15-8-4-6-13-5-2-3-7-14(13)15/h2-8,23H,9-11H2,1H3,(H,19,25)(H,20,24)(H,22,26)/b21-12+. The summed E-state index contributed by atoms with van der Waals surface area (Å²) in [7, 11) is 0. The van der Waals surface area contributed by atoms with Crippen LogP contribution in [0.25, 0.3) is 10.8 Å². The Morgan fingerprint density at radius 3 is 2.54 bits per heavy atom. The molecule has 0 fully saturated rings. The monoisotopic (exact) mass is 356 g/mol. The molecular formula is C18H20N4O4. The van der Waals surface area contributed by atoms with Gasteiger partial charge in [-0.3, -0.25) is 14.4 Å². The second-order valence-corrected chi connectivity index (χ2v) is 5.52. The smallest absolute Gasteiger partial charge is 0.329 e. The van der Waals surface area contributed by atoms with Crippen LogP contribution in [-0.4, -0.2) is 41.7 Å². The number of amides is 3. The Kier molecular flexibility index (Phi) is 6.81. The van der Waals surface area contributed by atoms with Crippen LogP contribution in [0.5, 0.6) is 0 Å². The molecule has 0 aliphatic rings. The van der Waals surface area contributed by atoms with Gasteiger partial charge in [0.1, 0.15) is 0 Å². The van der Waals surface area contributed by atoms with Crippen LogP contribution in [0.2, 0.25) is 0 Å². The van der Waals surface area contributed by atoms with Crippen molar-refractivity contribution in [1.82, 2.24) is 10.7 Å². The summed E-state index contributed by atoms with van der Waals surface area (Å²) in [4.78, 5) is 35.0. The van der Waals surface area contributed by atoms with Crippen LogP contribution < -0.4 is 16.1 Å². The van der Waals surface area contributed by atoms with Crippen molar-refractivity contribution in [1.29, 1.82) is 0 Å². The predicted molar refractivity (Wildman–Crippen MR) is 98.5 cm³/mol. The molecule has 8 heteroatoms. The fraction of sp³-hybridized carbons (Fsp3) is 0.222. The Hall–Kier alpha value is -3.26. The zero-order valence-electron chi connectivity index (χ0n) is 14.3. The highest BCUT2D eigenvalue weighted by atomic mass is 16.3. The number of hydrogen-bond acceptors (Lipinski definition) is 5. The van der Waals surface area contributed by atoms with E-state index in [0.717, 1.165) is 10.8 Å². The number of fused-ring (bicyclic) bond motifs is 1. The molecule has 0 aliphatic heterocycles. The molecule has 4 N–H and O–H groups in total. The molecule has 8 nitrogen and oxygen atoms in total. The van der Waals surface area contributed by atoms with Crippen molar-refractivity contribution >= 4 is 39.9 Å². The highest BCUT2D eigenvalue weighted by Crippen LogP contribution is 2.22. The number of benzene rings is 2. The van der Waals surface area contributed by atoms with Crippen LogP contribution >= 0.6 is 0 Å². The summed E-state index contributed by atoms with van der Waals surface area (Å²) in [5.41, 5.74) is 3.09. The van der Waals surface area contributed by atoms with E-state index < -0.39 is 11.8 Å². The molecule has 136 valence electrons. The highest BCUT2D eigenvalue weighted by molar-refractivity contribution is 6.35. The zero-order chi connectivity index (χ0) is 18.9. The van der Waals surface area contributed by atoms with E-state index in [1.165, 1.54) is 0 Å². The summed E-state index contributed by atoms with van der Waals surface area (Å²) in [5.74, 6) is -2.16. The van der Waals surface area contributed by atoms with Crippen LogP contribution in [-0.2, 0) is 14.4 Å². The lowest BCUT2D eigenvalue weighted by Crippen LogP contribution is -2.39. The van der Waals surface area contributed by atoms with Crippen molar-refractivity contribution < 1.29 is 19.5 Å². The number of hydrogen-bond donors (Lipinski definition) is 4. The van der Waals surface area contributed by atoms with Crippen molar-refractivity contribution in [2.75, 3.05) is 18.5 Å². The molecule has 0 aromatic heterocycles. The van der Waals surface area contributed by atoms with Gasteiger partial charge in [-0.15, -0.1) is 0 Å². The van der Waals surface area contributed by atoms with Crippen LogP contribution in [0.1, 0.15) is 13.3 Å². The van der Waals surface area contributed by atoms with E-state index in [-0.39, 0.29) is 25.5 Å². The normalized spacial score (nSPS) is 11.1. The summed E-state index contributed by atoms with van der Waals surface area (Å²) in [6, 6.07) is 13.3. The number of aliphatic hydroxyl groups excluding tert-OH is 1. The Morgan fingerprint density at radius 2 is 1.77 bits per heavy atom. The SMILES string of the molecule is C/C(CC(=O)Nc1cccc2ccccc12)=N\NC(=O)C(=O)NCCO. The van der Waals surface area contributed by atoms with E-state index in [2.05, 4.69) is 21.2 Å². The van der Waals surface area contributed by atoms with Gasteiger partial charge < -0.3 is 15.7 Å². The van der Waals surface area contributed by atoms with Gasteiger partial charge in [0.25, 0.3) is 0 Å². The first-order valence-electron chi connectivity index (χ1n) is 8.01. The number of anilines is 1. The van der Waals surface area contributed by atoms with Crippen molar-refractivity contribution in [3.05, 3.63) is 42.5 Å². The van der Waals surface area contributed by atoms with Gasteiger partial charge in [0.15, 0.2) is 0 Å². The lowest BCUT2D eigenvalue weighted by atomic mass is 10.1. The van der Waals surface area contributed by atoms with Crippen molar-refractivity contribution in [2.24, 2.45) is 5.10 Å². The largest absolute Gasteiger partial charge is 0.395 e. The van der Waals surface area contributed by atoms with Crippen LogP contribution in [0, 0.1) is 0 Å². The third kappa shape index (κ3) is 5.38. The average molecular weight is 356 g/mol. The molecule has 0 bridgehead atoms. The van der Waals surface area contributed by atoms with Crippen LogP contribution in [0.4, 0.5) is 5.69 Å². The van der Waals surface area contributed by atoms with E-state index >= 15 is 0 Å². The third-order valence-corrected chi connectivity index (χ3v) is 3.43. The van der Waals surface area contributed by atoms with Gasteiger partial charge in [-0.05, 0) is 18.4 Å². The molecule has 0 spiro atoms. The minimum Gasteiger partial charge on any atom is -0.395 e.